The van der Waals surface area contributed by atoms with E-state index in [4.69, 9.17) is 4.74 Å². The molecule has 0 radical (unpaired) electrons. The third-order valence-corrected chi connectivity index (χ3v) is 3.77. The van der Waals surface area contributed by atoms with E-state index >= 15 is 0 Å². The minimum atomic E-state index is -0.0421. The number of rotatable bonds is 15. The number of hydrogen-bond donors (Lipinski definition) is 0. The summed E-state index contributed by atoms with van der Waals surface area (Å²) in [5.74, 6) is -0.0421. The molecule has 0 aromatic carbocycles. The van der Waals surface area contributed by atoms with Gasteiger partial charge in [-0.05, 0) is 32.4 Å². The number of unbranched alkanes of at least 4 members (excludes halogenated alkanes) is 7. The van der Waals surface area contributed by atoms with Crippen molar-refractivity contribution in [1.82, 2.24) is 4.90 Å². The first kappa shape index (κ1) is 20.4. The monoisotopic (exact) mass is 299 g/mol. The van der Waals surface area contributed by atoms with Gasteiger partial charge < -0.3 is 4.74 Å². The van der Waals surface area contributed by atoms with E-state index in [0.29, 0.717) is 13.2 Å². The molecule has 3 heteroatoms. The van der Waals surface area contributed by atoms with Gasteiger partial charge in [-0.3, -0.25) is 9.69 Å². The van der Waals surface area contributed by atoms with Crippen LogP contribution >= 0.6 is 0 Å². The van der Waals surface area contributed by atoms with Gasteiger partial charge in [0, 0.05) is 0 Å². The molecule has 0 saturated carbocycles. The summed E-state index contributed by atoms with van der Waals surface area (Å²) in [4.78, 5) is 14.2. The molecule has 0 atom stereocenters. The van der Waals surface area contributed by atoms with Crippen molar-refractivity contribution in [3.8, 4) is 0 Å². The van der Waals surface area contributed by atoms with Gasteiger partial charge in [0.05, 0.1) is 13.2 Å². The molecule has 0 aromatic rings. The van der Waals surface area contributed by atoms with Crippen LogP contribution in [0.1, 0.15) is 85.0 Å². The lowest BCUT2D eigenvalue weighted by molar-refractivity contribution is -0.145. The summed E-state index contributed by atoms with van der Waals surface area (Å²) < 4.78 is 5.35. The zero-order chi connectivity index (χ0) is 15.8. The highest BCUT2D eigenvalue weighted by Crippen LogP contribution is 2.04. The molecule has 21 heavy (non-hydrogen) atoms. The molecule has 0 saturated heterocycles. The molecular weight excluding hydrogens is 262 g/mol. The van der Waals surface area contributed by atoms with Gasteiger partial charge in [0.15, 0.2) is 0 Å². The quantitative estimate of drug-likeness (QED) is 0.321. The average Bonchev–Trinajstić information content (AvgIpc) is 2.47. The van der Waals surface area contributed by atoms with Crippen molar-refractivity contribution in [2.45, 2.75) is 85.0 Å². The minimum Gasteiger partial charge on any atom is -0.465 e. The molecule has 0 aliphatic heterocycles. The SMILES string of the molecule is CCCCCCOC(=O)CN(CCCCC)CCCCC. The van der Waals surface area contributed by atoms with E-state index in [2.05, 4.69) is 25.7 Å². The Bertz CT molecular complexity index is 221. The molecule has 0 amide bonds. The second-order valence-electron chi connectivity index (χ2n) is 5.97. The number of nitrogens with zero attached hydrogens (tertiary/aromatic N) is 1. The smallest absolute Gasteiger partial charge is 0.320 e. The second kappa shape index (κ2) is 15.8. The van der Waals surface area contributed by atoms with Gasteiger partial charge in [0.1, 0.15) is 0 Å². The highest BCUT2D eigenvalue weighted by Gasteiger charge is 2.11. The molecular formula is C18H37NO2. The summed E-state index contributed by atoms with van der Waals surface area (Å²) >= 11 is 0. The van der Waals surface area contributed by atoms with Crippen LogP contribution in [0.3, 0.4) is 0 Å². The average molecular weight is 299 g/mol. The first-order chi connectivity index (χ1) is 10.2. The molecule has 0 heterocycles. The lowest BCUT2D eigenvalue weighted by Crippen LogP contribution is -2.33. The van der Waals surface area contributed by atoms with Crippen molar-refractivity contribution in [3.63, 3.8) is 0 Å². The molecule has 0 bridgehead atoms. The molecule has 126 valence electrons. The van der Waals surface area contributed by atoms with Crippen LogP contribution in [-0.4, -0.2) is 37.1 Å². The zero-order valence-electron chi connectivity index (χ0n) is 14.7. The van der Waals surface area contributed by atoms with Crippen molar-refractivity contribution >= 4 is 5.97 Å². The highest BCUT2D eigenvalue weighted by molar-refractivity contribution is 5.71. The van der Waals surface area contributed by atoms with Gasteiger partial charge in [-0.1, -0.05) is 65.7 Å². The topological polar surface area (TPSA) is 29.5 Å². The largest absolute Gasteiger partial charge is 0.465 e. The van der Waals surface area contributed by atoms with Gasteiger partial charge >= 0.3 is 5.97 Å². The van der Waals surface area contributed by atoms with E-state index in [9.17, 15) is 4.79 Å². The minimum absolute atomic E-state index is 0.0421. The van der Waals surface area contributed by atoms with Crippen molar-refractivity contribution in [2.24, 2.45) is 0 Å². The Morgan fingerprint density at radius 2 is 1.29 bits per heavy atom. The Morgan fingerprint density at radius 3 is 1.81 bits per heavy atom. The van der Waals surface area contributed by atoms with E-state index in [-0.39, 0.29) is 5.97 Å². The maximum atomic E-state index is 11.9. The van der Waals surface area contributed by atoms with Gasteiger partial charge in [-0.25, -0.2) is 0 Å². The Morgan fingerprint density at radius 1 is 0.762 bits per heavy atom. The highest BCUT2D eigenvalue weighted by atomic mass is 16.5. The number of carbonyl (C=O) groups excluding carboxylic acids is 1. The molecule has 3 nitrogen and oxygen atoms in total. The van der Waals surface area contributed by atoms with E-state index in [1.165, 1.54) is 57.8 Å². The van der Waals surface area contributed by atoms with Crippen LogP contribution in [0.5, 0.6) is 0 Å². The van der Waals surface area contributed by atoms with Crippen molar-refractivity contribution < 1.29 is 9.53 Å². The Hall–Kier alpha value is -0.570. The van der Waals surface area contributed by atoms with Crippen molar-refractivity contribution in [1.29, 1.82) is 0 Å². The fourth-order valence-electron chi connectivity index (χ4n) is 2.38. The Kier molecular flexibility index (Phi) is 15.4. The van der Waals surface area contributed by atoms with E-state index in [1.54, 1.807) is 0 Å². The number of ether oxygens (including phenoxy) is 1. The van der Waals surface area contributed by atoms with Crippen LogP contribution in [0.25, 0.3) is 0 Å². The van der Waals surface area contributed by atoms with Crippen LogP contribution in [0.2, 0.25) is 0 Å². The van der Waals surface area contributed by atoms with Gasteiger partial charge in [0.2, 0.25) is 0 Å². The molecule has 0 spiro atoms. The predicted octanol–water partition coefficient (Wildman–Crippen LogP) is 4.79. The van der Waals surface area contributed by atoms with Crippen molar-refractivity contribution in [2.75, 3.05) is 26.2 Å². The first-order valence-corrected chi connectivity index (χ1v) is 9.12. The predicted molar refractivity (Wildman–Crippen MR) is 90.6 cm³/mol. The fourth-order valence-corrected chi connectivity index (χ4v) is 2.38. The van der Waals surface area contributed by atoms with Crippen LogP contribution in [-0.2, 0) is 9.53 Å². The number of esters is 1. The van der Waals surface area contributed by atoms with Gasteiger partial charge in [-0.15, -0.1) is 0 Å². The van der Waals surface area contributed by atoms with Gasteiger partial charge in [-0.2, -0.15) is 0 Å². The number of hydrogen-bond acceptors (Lipinski definition) is 3. The number of carbonyl (C=O) groups is 1. The fraction of sp³-hybridized carbons (Fsp3) is 0.944. The molecule has 0 unspecified atom stereocenters. The van der Waals surface area contributed by atoms with Crippen LogP contribution < -0.4 is 0 Å². The van der Waals surface area contributed by atoms with Crippen molar-refractivity contribution in [3.05, 3.63) is 0 Å². The summed E-state index contributed by atoms with van der Waals surface area (Å²) in [6.45, 7) is 9.75. The zero-order valence-corrected chi connectivity index (χ0v) is 14.7. The molecule has 0 aliphatic rings. The van der Waals surface area contributed by atoms with Crippen LogP contribution in [0, 0.1) is 0 Å². The second-order valence-corrected chi connectivity index (χ2v) is 5.97. The maximum Gasteiger partial charge on any atom is 0.320 e. The first-order valence-electron chi connectivity index (χ1n) is 9.12. The Labute approximate surface area is 132 Å². The summed E-state index contributed by atoms with van der Waals surface area (Å²) in [6.07, 6.45) is 11.9. The summed E-state index contributed by atoms with van der Waals surface area (Å²) in [5.41, 5.74) is 0. The van der Waals surface area contributed by atoms with E-state index in [1.807, 2.05) is 0 Å². The lowest BCUT2D eigenvalue weighted by Gasteiger charge is -2.21. The molecule has 0 N–H and O–H groups in total. The summed E-state index contributed by atoms with van der Waals surface area (Å²) in [5, 5.41) is 0. The Balaban J connectivity index is 3.85. The van der Waals surface area contributed by atoms with Crippen LogP contribution in [0.4, 0.5) is 0 Å². The maximum absolute atomic E-state index is 11.9. The summed E-state index contributed by atoms with van der Waals surface area (Å²) in [7, 11) is 0. The van der Waals surface area contributed by atoms with E-state index in [0.717, 1.165) is 19.5 Å². The third kappa shape index (κ3) is 14.1. The molecule has 0 fully saturated rings. The summed E-state index contributed by atoms with van der Waals surface area (Å²) in [6, 6.07) is 0. The molecule has 0 aromatic heterocycles. The molecule has 0 rings (SSSR count). The van der Waals surface area contributed by atoms with E-state index < -0.39 is 0 Å². The normalized spacial score (nSPS) is 11.0. The molecule has 0 aliphatic carbocycles. The third-order valence-electron chi connectivity index (χ3n) is 3.77. The van der Waals surface area contributed by atoms with Crippen LogP contribution in [0.15, 0.2) is 0 Å². The van der Waals surface area contributed by atoms with Gasteiger partial charge in [0.25, 0.3) is 0 Å². The lowest BCUT2D eigenvalue weighted by atomic mass is 10.2. The standard InChI is InChI=1S/C18H37NO2/c1-4-7-10-13-16-21-18(20)17-19(14-11-8-5-2)15-12-9-6-3/h4-17H2,1-3H3.